The number of amides is 1. The van der Waals surface area contributed by atoms with Crippen LogP contribution in [0, 0.1) is 0 Å². The summed E-state index contributed by atoms with van der Waals surface area (Å²) < 4.78 is 16.5. The Kier molecular flexibility index (Phi) is 3.99. The second-order valence-corrected chi connectivity index (χ2v) is 5.67. The Morgan fingerprint density at radius 1 is 1.04 bits per heavy atom. The highest BCUT2D eigenvalue weighted by Crippen LogP contribution is 2.34. The van der Waals surface area contributed by atoms with Gasteiger partial charge in [-0.25, -0.2) is 0 Å². The molecule has 0 saturated heterocycles. The van der Waals surface area contributed by atoms with Crippen molar-refractivity contribution < 1.29 is 18.7 Å². The Balaban J connectivity index is 1.53. The maximum atomic E-state index is 12.2. The van der Waals surface area contributed by atoms with Crippen LogP contribution in [0.1, 0.15) is 10.4 Å². The van der Waals surface area contributed by atoms with Gasteiger partial charge in [0.25, 0.3) is 5.91 Å². The van der Waals surface area contributed by atoms with Gasteiger partial charge in [-0.2, -0.15) is 0 Å². The number of carbonyl (C=O) groups excluding carboxylic acids is 1. The van der Waals surface area contributed by atoms with Crippen LogP contribution >= 0.6 is 11.6 Å². The third kappa shape index (κ3) is 3.27. The van der Waals surface area contributed by atoms with E-state index < -0.39 is 0 Å². The van der Waals surface area contributed by atoms with Gasteiger partial charge in [0.15, 0.2) is 11.5 Å². The second-order valence-electron chi connectivity index (χ2n) is 5.24. The highest BCUT2D eigenvalue weighted by molar-refractivity contribution is 6.31. The average Bonchev–Trinajstić information content (AvgIpc) is 3.10. The Morgan fingerprint density at radius 3 is 2.72 bits per heavy atom. The normalized spacial score (nSPS) is 12.7. The largest absolute Gasteiger partial charge is 0.486 e. The molecular weight excluding hydrogens is 346 g/mol. The van der Waals surface area contributed by atoms with E-state index in [0.29, 0.717) is 40.9 Å². The van der Waals surface area contributed by atoms with E-state index in [4.69, 9.17) is 25.5 Å². The molecule has 2 aromatic carbocycles. The lowest BCUT2D eigenvalue weighted by molar-refractivity contribution is 0.102. The number of rotatable bonds is 3. The maximum Gasteiger partial charge on any atom is 0.322 e. The lowest BCUT2D eigenvalue weighted by atomic mass is 10.2. The van der Waals surface area contributed by atoms with Gasteiger partial charge in [0.2, 0.25) is 5.89 Å². The van der Waals surface area contributed by atoms with E-state index >= 15 is 0 Å². The minimum atomic E-state index is -0.389. The Morgan fingerprint density at radius 2 is 1.88 bits per heavy atom. The van der Waals surface area contributed by atoms with Crippen molar-refractivity contribution in [1.29, 1.82) is 0 Å². The third-order valence-corrected chi connectivity index (χ3v) is 3.76. The molecule has 25 heavy (non-hydrogen) atoms. The van der Waals surface area contributed by atoms with Crippen molar-refractivity contribution in [2.75, 3.05) is 18.5 Å². The predicted octanol–water partition coefficient (Wildman–Crippen LogP) is 3.41. The number of hydrogen-bond acceptors (Lipinski definition) is 6. The summed E-state index contributed by atoms with van der Waals surface area (Å²) >= 11 is 5.88. The minimum absolute atomic E-state index is 0.00476. The van der Waals surface area contributed by atoms with Crippen LogP contribution in [0.3, 0.4) is 0 Å². The van der Waals surface area contributed by atoms with Crippen LogP contribution in [0.15, 0.2) is 46.9 Å². The molecule has 126 valence electrons. The molecule has 1 amide bonds. The van der Waals surface area contributed by atoms with Crippen molar-refractivity contribution in [3.05, 3.63) is 53.1 Å². The highest BCUT2D eigenvalue weighted by atomic mass is 35.5. The molecule has 0 aliphatic carbocycles. The number of nitrogens with one attached hydrogen (secondary N) is 1. The van der Waals surface area contributed by atoms with E-state index in [-0.39, 0.29) is 17.8 Å². The fourth-order valence-corrected chi connectivity index (χ4v) is 2.56. The fraction of sp³-hybridized carbons (Fsp3) is 0.118. The van der Waals surface area contributed by atoms with E-state index in [9.17, 15) is 4.79 Å². The van der Waals surface area contributed by atoms with E-state index in [2.05, 4.69) is 15.5 Å². The van der Waals surface area contributed by atoms with Crippen LogP contribution in [0.4, 0.5) is 6.01 Å². The lowest BCUT2D eigenvalue weighted by Crippen LogP contribution is -2.15. The molecule has 7 nitrogen and oxygen atoms in total. The summed E-state index contributed by atoms with van der Waals surface area (Å²) in [6.07, 6.45) is 0. The van der Waals surface area contributed by atoms with Gasteiger partial charge in [0.05, 0.1) is 0 Å². The molecule has 0 bridgehead atoms. The van der Waals surface area contributed by atoms with E-state index in [1.165, 1.54) is 0 Å². The number of nitrogens with zero attached hydrogens (tertiary/aromatic N) is 2. The smallest absolute Gasteiger partial charge is 0.322 e. The first-order valence-electron chi connectivity index (χ1n) is 7.49. The number of benzene rings is 2. The summed E-state index contributed by atoms with van der Waals surface area (Å²) in [5.41, 5.74) is 1.06. The van der Waals surface area contributed by atoms with Crippen molar-refractivity contribution in [3.63, 3.8) is 0 Å². The third-order valence-electron chi connectivity index (χ3n) is 3.52. The van der Waals surface area contributed by atoms with Gasteiger partial charge >= 0.3 is 6.01 Å². The first kappa shape index (κ1) is 15.5. The van der Waals surface area contributed by atoms with Crippen molar-refractivity contribution in [3.8, 4) is 23.0 Å². The van der Waals surface area contributed by atoms with Crippen molar-refractivity contribution in [1.82, 2.24) is 10.2 Å². The Bertz CT molecular complexity index is 941. The molecule has 2 heterocycles. The standard InChI is InChI=1S/C17H12ClN3O4/c18-12-3-1-2-10(8-12)15(22)19-17-21-20-16(25-17)11-4-5-13-14(9-11)24-7-6-23-13/h1-5,8-9H,6-7H2,(H,19,21,22). The summed E-state index contributed by atoms with van der Waals surface area (Å²) in [6, 6.07) is 11.9. The van der Waals surface area contributed by atoms with Crippen LogP contribution in [-0.4, -0.2) is 29.3 Å². The van der Waals surface area contributed by atoms with Crippen LogP contribution in [-0.2, 0) is 0 Å². The summed E-state index contributed by atoms with van der Waals surface area (Å²) in [7, 11) is 0. The van der Waals surface area contributed by atoms with E-state index in [1.54, 1.807) is 42.5 Å². The summed E-state index contributed by atoms with van der Waals surface area (Å²) in [6.45, 7) is 1.01. The van der Waals surface area contributed by atoms with Crippen LogP contribution < -0.4 is 14.8 Å². The topological polar surface area (TPSA) is 86.5 Å². The molecule has 0 fully saturated rings. The highest BCUT2D eigenvalue weighted by Gasteiger charge is 2.17. The van der Waals surface area contributed by atoms with Crippen molar-refractivity contribution in [2.45, 2.75) is 0 Å². The average molecular weight is 358 g/mol. The number of carbonyl (C=O) groups is 1. The summed E-state index contributed by atoms with van der Waals surface area (Å²) in [4.78, 5) is 12.2. The molecule has 3 aromatic rings. The monoisotopic (exact) mass is 357 g/mol. The summed E-state index contributed by atoms with van der Waals surface area (Å²) in [5, 5.41) is 10.8. The molecule has 1 aliphatic rings. The van der Waals surface area contributed by atoms with Gasteiger partial charge in [-0.15, -0.1) is 5.10 Å². The molecule has 0 spiro atoms. The number of aromatic nitrogens is 2. The Hall–Kier alpha value is -3.06. The first-order valence-corrected chi connectivity index (χ1v) is 7.87. The molecule has 4 rings (SSSR count). The van der Waals surface area contributed by atoms with Gasteiger partial charge in [-0.05, 0) is 36.4 Å². The Labute approximate surface area is 147 Å². The van der Waals surface area contributed by atoms with Gasteiger partial charge in [0.1, 0.15) is 13.2 Å². The molecule has 1 aliphatic heterocycles. The predicted molar refractivity (Wildman–Crippen MR) is 90.1 cm³/mol. The van der Waals surface area contributed by atoms with E-state index in [0.717, 1.165) is 0 Å². The van der Waals surface area contributed by atoms with Crippen molar-refractivity contribution >= 4 is 23.5 Å². The van der Waals surface area contributed by atoms with Crippen LogP contribution in [0.2, 0.25) is 5.02 Å². The first-order chi connectivity index (χ1) is 12.2. The zero-order chi connectivity index (χ0) is 17.2. The van der Waals surface area contributed by atoms with Crippen molar-refractivity contribution in [2.24, 2.45) is 0 Å². The molecule has 0 unspecified atom stereocenters. The molecule has 0 radical (unpaired) electrons. The zero-order valence-corrected chi connectivity index (χ0v) is 13.6. The number of anilines is 1. The van der Waals surface area contributed by atoms with Crippen LogP contribution in [0.5, 0.6) is 11.5 Å². The minimum Gasteiger partial charge on any atom is -0.486 e. The second kappa shape index (κ2) is 6.45. The zero-order valence-electron chi connectivity index (χ0n) is 12.9. The van der Waals surface area contributed by atoms with Gasteiger partial charge < -0.3 is 13.9 Å². The van der Waals surface area contributed by atoms with Crippen LogP contribution in [0.25, 0.3) is 11.5 Å². The van der Waals surface area contributed by atoms with Gasteiger partial charge in [-0.1, -0.05) is 22.8 Å². The quantitative estimate of drug-likeness (QED) is 0.773. The number of halogens is 1. The van der Waals surface area contributed by atoms with E-state index in [1.807, 2.05) is 0 Å². The van der Waals surface area contributed by atoms with Gasteiger partial charge in [0, 0.05) is 16.1 Å². The molecule has 0 saturated carbocycles. The summed E-state index contributed by atoms with van der Waals surface area (Å²) in [5.74, 6) is 1.16. The number of fused-ring (bicyclic) bond motifs is 1. The molecule has 1 aromatic heterocycles. The SMILES string of the molecule is O=C(Nc1nnc(-c2ccc3c(c2)OCCO3)o1)c1cccc(Cl)c1. The number of ether oxygens (including phenoxy) is 2. The number of hydrogen-bond donors (Lipinski definition) is 1. The van der Waals surface area contributed by atoms with Gasteiger partial charge in [-0.3, -0.25) is 10.1 Å². The lowest BCUT2D eigenvalue weighted by Gasteiger charge is -2.18. The fourth-order valence-electron chi connectivity index (χ4n) is 2.37. The molecule has 8 heteroatoms. The molecule has 0 atom stereocenters. The molecular formula is C17H12ClN3O4. The maximum absolute atomic E-state index is 12.2. The molecule has 1 N–H and O–H groups in total.